The lowest BCUT2D eigenvalue weighted by Crippen LogP contribution is -2.57. The Morgan fingerprint density at radius 1 is 1.09 bits per heavy atom. The first kappa shape index (κ1) is 14.3. The van der Waals surface area contributed by atoms with Crippen molar-refractivity contribution >= 4 is 17.3 Å². The maximum absolute atomic E-state index is 12.7. The van der Waals surface area contributed by atoms with E-state index in [-0.39, 0.29) is 40.5 Å². The van der Waals surface area contributed by atoms with Gasteiger partial charge in [0.2, 0.25) is 0 Å². The summed E-state index contributed by atoms with van der Waals surface area (Å²) >= 11 is 0. The molecule has 4 aliphatic rings. The van der Waals surface area contributed by atoms with Crippen LogP contribution in [0.15, 0.2) is 12.2 Å². The number of ketones is 3. The van der Waals surface area contributed by atoms with Crippen molar-refractivity contribution in [3.63, 3.8) is 0 Å². The highest BCUT2D eigenvalue weighted by Crippen LogP contribution is 2.63. The highest BCUT2D eigenvalue weighted by atomic mass is 16.2. The average Bonchev–Trinajstić information content (AvgIpc) is 2.77. The zero-order valence-corrected chi connectivity index (χ0v) is 13.4. The maximum atomic E-state index is 12.7. The molecule has 0 aromatic heterocycles. The molecular weight excluding hydrogens is 276 g/mol. The Labute approximate surface area is 131 Å². The Balaban J connectivity index is 1.72. The van der Waals surface area contributed by atoms with Crippen LogP contribution in [-0.2, 0) is 14.4 Å². The van der Waals surface area contributed by atoms with Crippen molar-refractivity contribution in [1.82, 2.24) is 0 Å². The van der Waals surface area contributed by atoms with Gasteiger partial charge in [-0.25, -0.2) is 0 Å². The minimum atomic E-state index is -0.336. The summed E-state index contributed by atoms with van der Waals surface area (Å²) in [7, 11) is 0. The van der Waals surface area contributed by atoms with Crippen molar-refractivity contribution in [2.75, 3.05) is 0 Å². The molecule has 3 saturated carbocycles. The van der Waals surface area contributed by atoms with Crippen LogP contribution in [0.2, 0.25) is 0 Å². The average molecular weight is 300 g/mol. The van der Waals surface area contributed by atoms with E-state index in [1.807, 2.05) is 0 Å². The van der Waals surface area contributed by atoms with Crippen LogP contribution in [-0.4, -0.2) is 17.3 Å². The Bertz CT molecular complexity index is 604. The van der Waals surface area contributed by atoms with Crippen LogP contribution in [0.4, 0.5) is 0 Å². The minimum absolute atomic E-state index is 0.127. The minimum Gasteiger partial charge on any atom is -0.299 e. The Morgan fingerprint density at radius 2 is 1.86 bits per heavy atom. The summed E-state index contributed by atoms with van der Waals surface area (Å²) in [6.45, 7) is 4.23. The molecule has 0 saturated heterocycles. The fourth-order valence-electron chi connectivity index (χ4n) is 6.17. The molecule has 4 aliphatic carbocycles. The van der Waals surface area contributed by atoms with Gasteiger partial charge in [-0.05, 0) is 55.4 Å². The van der Waals surface area contributed by atoms with Gasteiger partial charge in [0, 0.05) is 17.3 Å². The first-order valence-corrected chi connectivity index (χ1v) is 8.65. The Kier molecular flexibility index (Phi) is 2.87. The summed E-state index contributed by atoms with van der Waals surface area (Å²) in [5, 5.41) is 0. The first-order chi connectivity index (χ1) is 10.4. The van der Waals surface area contributed by atoms with E-state index in [9.17, 15) is 14.4 Å². The van der Waals surface area contributed by atoms with E-state index in [1.54, 1.807) is 6.08 Å². The lowest BCUT2D eigenvalue weighted by atomic mass is 9.45. The second-order valence-corrected chi connectivity index (χ2v) is 8.38. The second-order valence-electron chi connectivity index (χ2n) is 8.38. The lowest BCUT2D eigenvalue weighted by molar-refractivity contribution is -0.158. The van der Waals surface area contributed by atoms with Crippen molar-refractivity contribution < 1.29 is 14.4 Å². The second kappa shape index (κ2) is 4.39. The standard InChI is InChI=1S/C19H24O3/c1-18-8-7-15-13(14(18)5-6-16(18)21)4-3-11-9-12(20)10-17(22)19(11,15)2/h5-6,11,13-15H,3-4,7-10H2,1-2H3/t11-,13-,14-,15-,18-,19-/m0/s1. The third-order valence-electron chi connectivity index (χ3n) is 7.61. The quantitative estimate of drug-likeness (QED) is 0.646. The third kappa shape index (κ3) is 1.60. The van der Waals surface area contributed by atoms with Crippen molar-refractivity contribution in [2.45, 2.75) is 52.4 Å². The van der Waals surface area contributed by atoms with Crippen molar-refractivity contribution in [3.8, 4) is 0 Å². The number of Topliss-reactive ketones (excluding diaryl/α,β-unsaturated/α-hetero) is 2. The van der Waals surface area contributed by atoms with Gasteiger partial charge in [-0.1, -0.05) is 19.9 Å². The summed E-state index contributed by atoms with van der Waals surface area (Å²) in [6, 6.07) is 0. The molecule has 0 aliphatic heterocycles. The molecule has 118 valence electrons. The molecule has 22 heavy (non-hydrogen) atoms. The Morgan fingerprint density at radius 3 is 2.64 bits per heavy atom. The highest BCUT2D eigenvalue weighted by Gasteiger charge is 2.61. The number of allylic oxidation sites excluding steroid dienone is 2. The van der Waals surface area contributed by atoms with E-state index in [2.05, 4.69) is 19.9 Å². The fourth-order valence-corrected chi connectivity index (χ4v) is 6.17. The molecule has 0 amide bonds. The topological polar surface area (TPSA) is 51.2 Å². The number of carbonyl (C=O) groups excluding carboxylic acids is 3. The molecule has 0 aromatic rings. The molecule has 0 spiro atoms. The summed E-state index contributed by atoms with van der Waals surface area (Å²) in [6.07, 6.45) is 8.46. The number of hydrogen-bond acceptors (Lipinski definition) is 3. The van der Waals surface area contributed by atoms with Crippen LogP contribution >= 0.6 is 0 Å². The van der Waals surface area contributed by atoms with Gasteiger partial charge in [-0.3, -0.25) is 14.4 Å². The molecule has 3 fully saturated rings. The molecule has 3 heteroatoms. The van der Waals surface area contributed by atoms with Crippen LogP contribution in [0.5, 0.6) is 0 Å². The zero-order valence-electron chi connectivity index (χ0n) is 13.4. The van der Waals surface area contributed by atoms with Crippen LogP contribution < -0.4 is 0 Å². The molecule has 0 unspecified atom stereocenters. The van der Waals surface area contributed by atoms with Gasteiger partial charge in [0.15, 0.2) is 5.78 Å². The van der Waals surface area contributed by atoms with Crippen LogP contribution in [0.3, 0.4) is 0 Å². The maximum Gasteiger partial charge on any atom is 0.161 e. The largest absolute Gasteiger partial charge is 0.299 e. The summed E-state index contributed by atoms with van der Waals surface area (Å²) in [5.41, 5.74) is -0.574. The molecule has 4 rings (SSSR count). The molecular formula is C19H24O3. The van der Waals surface area contributed by atoms with Gasteiger partial charge in [0.05, 0.1) is 6.42 Å². The zero-order chi connectivity index (χ0) is 15.7. The van der Waals surface area contributed by atoms with Gasteiger partial charge in [-0.15, -0.1) is 0 Å². The molecule has 0 heterocycles. The molecule has 0 bridgehead atoms. The van der Waals surface area contributed by atoms with E-state index in [4.69, 9.17) is 0 Å². The third-order valence-corrected chi connectivity index (χ3v) is 7.61. The molecule has 3 nitrogen and oxygen atoms in total. The number of fused-ring (bicyclic) bond motifs is 5. The van der Waals surface area contributed by atoms with Crippen LogP contribution in [0, 0.1) is 34.5 Å². The van der Waals surface area contributed by atoms with Crippen molar-refractivity contribution in [2.24, 2.45) is 34.5 Å². The van der Waals surface area contributed by atoms with Gasteiger partial charge in [0.25, 0.3) is 0 Å². The van der Waals surface area contributed by atoms with Gasteiger partial charge >= 0.3 is 0 Å². The SMILES string of the molecule is C[C@]12C(=O)CC(=O)C[C@@H]1CC[C@@H]1[C@@H]2CC[C@]2(C)C(=O)C=C[C@@H]12. The van der Waals surface area contributed by atoms with Gasteiger partial charge in [-0.2, -0.15) is 0 Å². The molecule has 0 N–H and O–H groups in total. The first-order valence-electron chi connectivity index (χ1n) is 8.65. The Hall–Kier alpha value is -1.25. The van der Waals surface area contributed by atoms with Crippen molar-refractivity contribution in [1.29, 1.82) is 0 Å². The predicted octanol–water partition coefficient (Wildman–Crippen LogP) is 3.12. The van der Waals surface area contributed by atoms with E-state index in [0.717, 1.165) is 25.7 Å². The number of rotatable bonds is 0. The summed E-state index contributed by atoms with van der Waals surface area (Å²) < 4.78 is 0. The van der Waals surface area contributed by atoms with E-state index in [1.165, 1.54) is 0 Å². The fraction of sp³-hybridized carbons (Fsp3) is 0.737. The molecule has 0 radical (unpaired) electrons. The number of hydrogen-bond donors (Lipinski definition) is 0. The normalized spacial score (nSPS) is 50.5. The monoisotopic (exact) mass is 300 g/mol. The smallest absolute Gasteiger partial charge is 0.161 e. The molecule has 0 aromatic carbocycles. The highest BCUT2D eigenvalue weighted by molar-refractivity contribution is 6.04. The van der Waals surface area contributed by atoms with Crippen molar-refractivity contribution in [3.05, 3.63) is 12.2 Å². The summed E-state index contributed by atoms with van der Waals surface area (Å²) in [4.78, 5) is 36.9. The van der Waals surface area contributed by atoms with Gasteiger partial charge < -0.3 is 0 Å². The summed E-state index contributed by atoms with van der Waals surface area (Å²) in [5.74, 6) is 1.87. The predicted molar refractivity (Wildman–Crippen MR) is 82.0 cm³/mol. The van der Waals surface area contributed by atoms with Gasteiger partial charge in [0.1, 0.15) is 11.6 Å². The lowest BCUT2D eigenvalue weighted by Gasteiger charge is -2.57. The van der Waals surface area contributed by atoms with Crippen LogP contribution in [0.1, 0.15) is 52.4 Å². The number of carbonyl (C=O) groups is 3. The van der Waals surface area contributed by atoms with Crippen LogP contribution in [0.25, 0.3) is 0 Å². The van der Waals surface area contributed by atoms with E-state index in [0.29, 0.717) is 24.2 Å². The van der Waals surface area contributed by atoms with E-state index >= 15 is 0 Å². The van der Waals surface area contributed by atoms with E-state index < -0.39 is 0 Å². The molecule has 6 atom stereocenters.